The topological polar surface area (TPSA) is 81.2 Å². The summed E-state index contributed by atoms with van der Waals surface area (Å²) in [4.78, 5) is 49.3. The maximum absolute atomic E-state index is 15.0. The number of aliphatic hydroxyl groups is 1. The number of amides is 3. The highest BCUT2D eigenvalue weighted by Gasteiger charge is 2.76. The first-order valence-corrected chi connectivity index (χ1v) is 17.6. The minimum atomic E-state index is -0.917. The van der Waals surface area contributed by atoms with Crippen molar-refractivity contribution in [3.05, 3.63) is 90.0 Å². The van der Waals surface area contributed by atoms with Gasteiger partial charge in [-0.05, 0) is 36.5 Å². The van der Waals surface area contributed by atoms with E-state index >= 15 is 4.79 Å². The molecule has 240 valence electrons. The summed E-state index contributed by atoms with van der Waals surface area (Å²) in [5, 5.41) is 10.9. The number of hydrogen-bond acceptors (Lipinski definition) is 5. The Morgan fingerprint density at radius 2 is 1.82 bits per heavy atom. The molecule has 5 rings (SSSR count). The van der Waals surface area contributed by atoms with Crippen molar-refractivity contribution >= 4 is 62.7 Å². The van der Waals surface area contributed by atoms with Gasteiger partial charge in [0.25, 0.3) is 5.91 Å². The number of carbonyl (C=O) groups excluding carboxylic acids is 3. The van der Waals surface area contributed by atoms with Crippen molar-refractivity contribution in [1.29, 1.82) is 0 Å². The molecule has 45 heavy (non-hydrogen) atoms. The number of aliphatic hydroxyl groups excluding tert-OH is 1. The number of rotatable bonds is 12. The predicted molar refractivity (Wildman–Crippen MR) is 186 cm³/mol. The maximum Gasteiger partial charge on any atom is 0.251 e. The summed E-state index contributed by atoms with van der Waals surface area (Å²) in [6, 6.07) is 13.7. The molecule has 2 bridgehead atoms. The van der Waals surface area contributed by atoms with E-state index in [2.05, 4.69) is 29.1 Å². The molecule has 3 unspecified atom stereocenters. The molecule has 3 aliphatic heterocycles. The van der Waals surface area contributed by atoms with Gasteiger partial charge in [-0.2, -0.15) is 0 Å². The molecule has 0 radical (unpaired) electrons. The number of aryl methyl sites for hydroxylation is 1. The van der Waals surface area contributed by atoms with Gasteiger partial charge in [-0.15, -0.1) is 24.9 Å². The van der Waals surface area contributed by atoms with Crippen molar-refractivity contribution in [3.63, 3.8) is 0 Å². The molecule has 10 heteroatoms. The third kappa shape index (κ3) is 5.79. The molecular formula is C35H41BrClN3O4S. The van der Waals surface area contributed by atoms with Crippen LogP contribution in [0, 0.1) is 24.7 Å². The number of halogens is 2. The standard InChI is InChI=1S/C35H41BrClN3O4S/c1-6-16-38(19-23-13-9-8-10-14-23)32(42)27-28-33(43)40(26(20-41)21(3)4)31(35(28)18-24(36)30(27)45-35)34(44)39(17-7-2)29-22(5)12-11-15-25(29)37/h6-15,21,24,26-28,30-31,41H,1-2,16-20H2,3-5H3/t24?,26-,27-,28-,30-,31?,35?/m0/s1. The molecule has 7 atom stereocenters. The van der Waals surface area contributed by atoms with Crippen LogP contribution >= 0.6 is 39.3 Å². The molecular weight excluding hydrogens is 674 g/mol. The Morgan fingerprint density at radius 3 is 2.42 bits per heavy atom. The van der Waals surface area contributed by atoms with Gasteiger partial charge in [0.1, 0.15) is 6.04 Å². The second-order valence-electron chi connectivity index (χ2n) is 12.5. The van der Waals surface area contributed by atoms with Gasteiger partial charge in [-0.3, -0.25) is 14.4 Å². The Morgan fingerprint density at radius 1 is 1.13 bits per heavy atom. The van der Waals surface area contributed by atoms with Crippen LogP contribution in [0.3, 0.4) is 0 Å². The van der Waals surface area contributed by atoms with Crippen LogP contribution in [0.2, 0.25) is 5.02 Å². The number of hydrogen-bond donors (Lipinski definition) is 1. The summed E-state index contributed by atoms with van der Waals surface area (Å²) >= 11 is 12.2. The van der Waals surface area contributed by atoms with E-state index in [4.69, 9.17) is 11.6 Å². The van der Waals surface area contributed by atoms with E-state index in [1.807, 2.05) is 63.2 Å². The zero-order chi connectivity index (χ0) is 32.6. The highest BCUT2D eigenvalue weighted by Crippen LogP contribution is 2.68. The van der Waals surface area contributed by atoms with Crippen molar-refractivity contribution in [3.8, 4) is 0 Å². The molecule has 3 heterocycles. The number of carbonyl (C=O) groups is 3. The van der Waals surface area contributed by atoms with Crippen LogP contribution in [0.15, 0.2) is 73.8 Å². The van der Waals surface area contributed by atoms with E-state index in [1.54, 1.807) is 44.7 Å². The number of alkyl halides is 1. The number of benzene rings is 2. The number of likely N-dealkylation sites (tertiary alicyclic amines) is 1. The van der Waals surface area contributed by atoms with E-state index in [1.165, 1.54) is 0 Å². The van der Waals surface area contributed by atoms with Crippen molar-refractivity contribution < 1.29 is 19.5 Å². The van der Waals surface area contributed by atoms with Crippen molar-refractivity contribution in [2.24, 2.45) is 17.8 Å². The van der Waals surface area contributed by atoms with Gasteiger partial charge in [-0.1, -0.05) is 96.0 Å². The van der Waals surface area contributed by atoms with Gasteiger partial charge in [0, 0.05) is 29.7 Å². The summed E-state index contributed by atoms with van der Waals surface area (Å²) in [6.45, 7) is 14.2. The van der Waals surface area contributed by atoms with Crippen LogP contribution in [0.25, 0.3) is 0 Å². The molecule has 1 spiro atoms. The number of para-hydroxylation sites is 1. The zero-order valence-corrected chi connectivity index (χ0v) is 29.1. The fourth-order valence-corrected chi connectivity index (χ4v) is 11.5. The molecule has 0 aromatic heterocycles. The third-order valence-corrected chi connectivity index (χ3v) is 13.0. The second kappa shape index (κ2) is 13.6. The Hall–Kier alpha value is -2.59. The summed E-state index contributed by atoms with van der Waals surface area (Å²) in [7, 11) is 0. The first kappa shape index (κ1) is 33.8. The van der Waals surface area contributed by atoms with Crippen LogP contribution in [0.4, 0.5) is 5.69 Å². The summed E-state index contributed by atoms with van der Waals surface area (Å²) in [5.74, 6) is -2.16. The lowest BCUT2D eigenvalue weighted by molar-refractivity contribution is -0.146. The molecule has 7 nitrogen and oxygen atoms in total. The summed E-state index contributed by atoms with van der Waals surface area (Å²) < 4.78 is -0.878. The second-order valence-corrected chi connectivity index (χ2v) is 15.7. The minimum absolute atomic E-state index is 0.0837. The predicted octanol–water partition coefficient (Wildman–Crippen LogP) is 5.86. The monoisotopic (exact) mass is 713 g/mol. The van der Waals surface area contributed by atoms with E-state index in [0.717, 1.165) is 11.1 Å². The van der Waals surface area contributed by atoms with Gasteiger partial charge in [0.15, 0.2) is 0 Å². The Balaban J connectivity index is 1.62. The fraction of sp³-hybridized carbons (Fsp3) is 0.457. The van der Waals surface area contributed by atoms with Gasteiger partial charge in [-0.25, -0.2) is 0 Å². The Labute approximate surface area is 283 Å². The molecule has 0 aliphatic carbocycles. The fourth-order valence-electron chi connectivity index (χ4n) is 7.54. The van der Waals surface area contributed by atoms with Gasteiger partial charge >= 0.3 is 0 Å². The van der Waals surface area contributed by atoms with Crippen LogP contribution in [0.1, 0.15) is 31.4 Å². The number of anilines is 1. The van der Waals surface area contributed by atoms with Gasteiger partial charge in [0.05, 0.1) is 39.9 Å². The van der Waals surface area contributed by atoms with Gasteiger partial charge in [0.2, 0.25) is 11.8 Å². The highest BCUT2D eigenvalue weighted by atomic mass is 79.9. The number of fused-ring (bicyclic) bond motifs is 1. The molecule has 3 amide bonds. The molecule has 2 aromatic rings. The highest BCUT2D eigenvalue weighted by molar-refractivity contribution is 9.09. The summed E-state index contributed by atoms with van der Waals surface area (Å²) in [5.41, 5.74) is 2.37. The molecule has 0 saturated carbocycles. The Kier molecular flexibility index (Phi) is 10.2. The van der Waals surface area contributed by atoms with Crippen LogP contribution < -0.4 is 4.90 Å². The maximum atomic E-state index is 15.0. The minimum Gasteiger partial charge on any atom is -0.394 e. The van der Waals surface area contributed by atoms with Crippen molar-refractivity contribution in [1.82, 2.24) is 9.80 Å². The van der Waals surface area contributed by atoms with E-state index < -0.39 is 28.7 Å². The van der Waals surface area contributed by atoms with Crippen molar-refractivity contribution in [2.45, 2.75) is 60.6 Å². The van der Waals surface area contributed by atoms with Crippen LogP contribution in [-0.2, 0) is 20.9 Å². The average Bonchev–Trinajstić information content (AvgIpc) is 3.60. The first-order chi connectivity index (χ1) is 21.5. The lowest BCUT2D eigenvalue weighted by Crippen LogP contribution is -2.59. The SMILES string of the molecule is C=CCN(Cc1ccccc1)C(=O)[C@H]1[C@H]2C(=O)N([C@@H](CO)C(C)C)C(C(=O)N(CC=C)c3c(C)cccc3Cl)C23CC(Br)[C@@H]1S3. The lowest BCUT2D eigenvalue weighted by Gasteiger charge is -2.41. The van der Waals surface area contributed by atoms with Crippen LogP contribution in [-0.4, -0.2) is 79.2 Å². The Bertz CT molecular complexity index is 1450. The normalized spacial score (nSPS) is 27.4. The molecule has 1 N–H and O–H groups in total. The van der Waals surface area contributed by atoms with E-state index in [0.29, 0.717) is 30.2 Å². The summed E-state index contributed by atoms with van der Waals surface area (Å²) in [6.07, 6.45) is 3.89. The van der Waals surface area contributed by atoms with E-state index in [-0.39, 0.29) is 46.9 Å². The molecule has 2 aromatic carbocycles. The number of nitrogens with zero attached hydrogens (tertiary/aromatic N) is 3. The lowest BCUT2D eigenvalue weighted by atomic mass is 9.70. The molecule has 3 fully saturated rings. The third-order valence-electron chi connectivity index (χ3n) is 9.47. The smallest absolute Gasteiger partial charge is 0.251 e. The quantitative estimate of drug-likeness (QED) is 0.220. The zero-order valence-electron chi connectivity index (χ0n) is 25.9. The van der Waals surface area contributed by atoms with Gasteiger partial charge < -0.3 is 19.8 Å². The van der Waals surface area contributed by atoms with Crippen LogP contribution in [0.5, 0.6) is 0 Å². The first-order valence-electron chi connectivity index (χ1n) is 15.4. The van der Waals surface area contributed by atoms with E-state index in [9.17, 15) is 14.7 Å². The van der Waals surface area contributed by atoms with Crippen molar-refractivity contribution in [2.75, 3.05) is 24.6 Å². The molecule has 3 saturated heterocycles. The molecule has 3 aliphatic rings. The average molecular weight is 715 g/mol. The largest absolute Gasteiger partial charge is 0.394 e. The number of thioether (sulfide) groups is 1.